The van der Waals surface area contributed by atoms with Crippen molar-refractivity contribution in [3.63, 3.8) is 0 Å². The fourth-order valence-electron chi connectivity index (χ4n) is 3.22. The molecule has 1 unspecified atom stereocenters. The number of rotatable bonds is 6. The lowest BCUT2D eigenvalue weighted by Gasteiger charge is -2.24. The molecule has 3 heterocycles. The van der Waals surface area contributed by atoms with Gasteiger partial charge in [0.2, 0.25) is 0 Å². The van der Waals surface area contributed by atoms with E-state index in [1.165, 1.54) is 11.3 Å². The van der Waals surface area contributed by atoms with Gasteiger partial charge in [-0.15, -0.1) is 21.5 Å². The number of nitrogens with zero attached hydrogens (tertiary/aromatic N) is 3. The zero-order valence-corrected chi connectivity index (χ0v) is 18.8. The van der Waals surface area contributed by atoms with E-state index in [4.69, 9.17) is 9.47 Å². The lowest BCUT2D eigenvalue weighted by Crippen LogP contribution is -2.27. The minimum atomic E-state index is -0.227. The number of aromatic nitrogens is 3. The molecule has 1 aromatic carbocycles. The van der Waals surface area contributed by atoms with Crippen molar-refractivity contribution in [3.05, 3.63) is 44.9 Å². The maximum absolute atomic E-state index is 13.0. The van der Waals surface area contributed by atoms with E-state index in [2.05, 4.69) is 20.5 Å². The van der Waals surface area contributed by atoms with Crippen LogP contribution in [0.5, 0.6) is 5.75 Å². The van der Waals surface area contributed by atoms with Gasteiger partial charge in [0, 0.05) is 35.0 Å². The average Bonchev–Trinajstić information content (AvgIpc) is 3.37. The van der Waals surface area contributed by atoms with Crippen molar-refractivity contribution in [1.29, 1.82) is 0 Å². The molecule has 4 rings (SSSR count). The van der Waals surface area contributed by atoms with Gasteiger partial charge in [-0.1, -0.05) is 11.3 Å². The Hall–Kier alpha value is -2.36. The van der Waals surface area contributed by atoms with Crippen molar-refractivity contribution in [2.75, 3.05) is 13.2 Å². The lowest BCUT2D eigenvalue weighted by atomic mass is 10.1. The van der Waals surface area contributed by atoms with Crippen LogP contribution >= 0.6 is 22.7 Å². The second kappa shape index (κ2) is 9.20. The van der Waals surface area contributed by atoms with Crippen molar-refractivity contribution in [3.8, 4) is 16.3 Å². The Kier molecular flexibility index (Phi) is 6.40. The molecule has 9 heteroatoms. The SMILES string of the molecule is Cc1cnc(-c2cc(OC3CCOCC3)cc(C(=O)NC(C)c3nnc(C)s3)c2)s1. The van der Waals surface area contributed by atoms with E-state index in [0.29, 0.717) is 24.5 Å². The second-order valence-electron chi connectivity index (χ2n) is 7.31. The van der Waals surface area contributed by atoms with Gasteiger partial charge in [0.1, 0.15) is 26.9 Å². The molecular weight excluding hydrogens is 420 g/mol. The van der Waals surface area contributed by atoms with Gasteiger partial charge in [-0.05, 0) is 39.0 Å². The minimum absolute atomic E-state index is 0.0891. The molecule has 1 aliphatic heterocycles. The third-order valence-corrected chi connectivity index (χ3v) is 6.75. The first-order valence-electron chi connectivity index (χ1n) is 9.91. The molecule has 158 valence electrons. The molecule has 1 aliphatic rings. The van der Waals surface area contributed by atoms with Crippen molar-refractivity contribution >= 4 is 28.6 Å². The zero-order valence-electron chi connectivity index (χ0n) is 17.2. The van der Waals surface area contributed by atoms with Gasteiger partial charge in [-0.25, -0.2) is 4.98 Å². The van der Waals surface area contributed by atoms with Crippen LogP contribution in [0.3, 0.4) is 0 Å². The standard InChI is InChI=1S/C21H24N4O3S2/c1-12-11-22-21(29-12)16-8-15(9-18(10-16)28-17-4-6-27-7-5-17)19(26)23-13(2)20-25-24-14(3)30-20/h8-11,13,17H,4-7H2,1-3H3,(H,23,26). The number of hydrogen-bond donors (Lipinski definition) is 1. The number of carbonyl (C=O) groups excluding carboxylic acids is 1. The van der Waals surface area contributed by atoms with Crippen LogP contribution in [0, 0.1) is 13.8 Å². The molecule has 3 aromatic rings. The molecular formula is C21H24N4O3S2. The van der Waals surface area contributed by atoms with Gasteiger partial charge < -0.3 is 14.8 Å². The van der Waals surface area contributed by atoms with Gasteiger partial charge >= 0.3 is 0 Å². The first-order chi connectivity index (χ1) is 14.5. The van der Waals surface area contributed by atoms with Gasteiger partial charge in [-0.3, -0.25) is 4.79 Å². The third kappa shape index (κ3) is 5.03. The molecule has 7 nitrogen and oxygen atoms in total. The topological polar surface area (TPSA) is 86.2 Å². The van der Waals surface area contributed by atoms with Crippen molar-refractivity contribution < 1.29 is 14.3 Å². The maximum Gasteiger partial charge on any atom is 0.251 e. The predicted octanol–water partition coefficient (Wildman–Crippen LogP) is 4.33. The first kappa shape index (κ1) is 20.9. The molecule has 1 amide bonds. The van der Waals surface area contributed by atoms with E-state index in [1.54, 1.807) is 17.4 Å². The van der Waals surface area contributed by atoms with Crippen LogP contribution in [0.25, 0.3) is 10.6 Å². The Labute approximate surface area is 183 Å². The molecule has 0 aliphatic carbocycles. The predicted molar refractivity (Wildman–Crippen MR) is 117 cm³/mol. The summed E-state index contributed by atoms with van der Waals surface area (Å²) in [5.74, 6) is 0.499. The number of carbonyl (C=O) groups is 1. The monoisotopic (exact) mass is 444 g/mol. The Morgan fingerprint density at radius 3 is 2.67 bits per heavy atom. The third-order valence-electron chi connectivity index (χ3n) is 4.77. The van der Waals surface area contributed by atoms with E-state index in [9.17, 15) is 4.79 Å². The summed E-state index contributed by atoms with van der Waals surface area (Å²) in [4.78, 5) is 18.6. The van der Waals surface area contributed by atoms with E-state index in [-0.39, 0.29) is 18.1 Å². The number of benzene rings is 1. The minimum Gasteiger partial charge on any atom is -0.490 e. The molecule has 0 saturated carbocycles. The number of amides is 1. The highest BCUT2D eigenvalue weighted by molar-refractivity contribution is 7.15. The van der Waals surface area contributed by atoms with Crippen LogP contribution in [0.2, 0.25) is 0 Å². The van der Waals surface area contributed by atoms with Crippen molar-refractivity contribution in [1.82, 2.24) is 20.5 Å². The Morgan fingerprint density at radius 2 is 2.00 bits per heavy atom. The zero-order chi connectivity index (χ0) is 21.1. The molecule has 1 saturated heterocycles. The summed E-state index contributed by atoms with van der Waals surface area (Å²) in [6.45, 7) is 7.22. The summed E-state index contributed by atoms with van der Waals surface area (Å²) in [6, 6.07) is 5.39. The van der Waals surface area contributed by atoms with Gasteiger partial charge in [0.05, 0.1) is 19.3 Å². The normalized spacial score (nSPS) is 15.7. The first-order valence-corrected chi connectivity index (χ1v) is 11.5. The fraction of sp³-hybridized carbons (Fsp3) is 0.429. The number of thiazole rings is 1. The molecule has 0 radical (unpaired) electrons. The highest BCUT2D eigenvalue weighted by Gasteiger charge is 2.20. The summed E-state index contributed by atoms with van der Waals surface area (Å²) in [5, 5.41) is 13.7. The van der Waals surface area contributed by atoms with Crippen LogP contribution in [0.15, 0.2) is 24.4 Å². The Balaban J connectivity index is 1.59. The van der Waals surface area contributed by atoms with Crippen LogP contribution in [-0.2, 0) is 4.74 Å². The number of nitrogens with one attached hydrogen (secondary N) is 1. The fourth-order valence-corrected chi connectivity index (χ4v) is 4.68. The quantitative estimate of drug-likeness (QED) is 0.609. The largest absolute Gasteiger partial charge is 0.490 e. The molecule has 1 atom stereocenters. The molecule has 30 heavy (non-hydrogen) atoms. The van der Waals surface area contributed by atoms with Crippen molar-refractivity contribution in [2.45, 2.75) is 45.8 Å². The number of aryl methyl sites for hydroxylation is 2. The summed E-state index contributed by atoms with van der Waals surface area (Å²) >= 11 is 3.08. The highest BCUT2D eigenvalue weighted by Crippen LogP contribution is 2.31. The second-order valence-corrected chi connectivity index (χ2v) is 9.75. The summed E-state index contributed by atoms with van der Waals surface area (Å²) in [5.41, 5.74) is 1.41. The van der Waals surface area contributed by atoms with Crippen LogP contribution in [0.1, 0.15) is 51.1 Å². The molecule has 1 fully saturated rings. The van der Waals surface area contributed by atoms with Crippen LogP contribution < -0.4 is 10.1 Å². The smallest absolute Gasteiger partial charge is 0.251 e. The Morgan fingerprint density at radius 1 is 1.20 bits per heavy atom. The maximum atomic E-state index is 13.0. The van der Waals surface area contributed by atoms with E-state index in [0.717, 1.165) is 38.3 Å². The van der Waals surface area contributed by atoms with Crippen molar-refractivity contribution in [2.24, 2.45) is 0 Å². The summed E-state index contributed by atoms with van der Waals surface area (Å²) in [7, 11) is 0. The number of hydrogen-bond acceptors (Lipinski definition) is 8. The molecule has 1 N–H and O–H groups in total. The average molecular weight is 445 g/mol. The summed E-state index contributed by atoms with van der Waals surface area (Å²) < 4.78 is 11.6. The molecule has 2 aromatic heterocycles. The summed E-state index contributed by atoms with van der Waals surface area (Å²) in [6.07, 6.45) is 3.61. The molecule has 0 bridgehead atoms. The van der Waals surface area contributed by atoms with E-state index < -0.39 is 0 Å². The van der Waals surface area contributed by atoms with Crippen LogP contribution in [0.4, 0.5) is 0 Å². The van der Waals surface area contributed by atoms with Gasteiger partial charge in [-0.2, -0.15) is 0 Å². The molecule has 0 spiro atoms. The van der Waals surface area contributed by atoms with E-state index >= 15 is 0 Å². The van der Waals surface area contributed by atoms with Gasteiger partial charge in [0.25, 0.3) is 5.91 Å². The lowest BCUT2D eigenvalue weighted by molar-refractivity contribution is 0.0255. The van der Waals surface area contributed by atoms with Crippen LogP contribution in [-0.4, -0.2) is 40.4 Å². The number of ether oxygens (including phenoxy) is 2. The Bertz CT molecular complexity index is 1030. The van der Waals surface area contributed by atoms with E-state index in [1.807, 2.05) is 39.1 Å². The van der Waals surface area contributed by atoms with Gasteiger partial charge in [0.15, 0.2) is 0 Å². The highest BCUT2D eigenvalue weighted by atomic mass is 32.1.